The number of carbonyl (C=O) groups excluding carboxylic acids is 1. The Morgan fingerprint density at radius 3 is 2.87 bits per heavy atom. The first-order chi connectivity index (χ1) is 15.0. The Labute approximate surface area is 176 Å². The molecule has 0 N–H and O–H groups in total. The fourth-order valence-electron chi connectivity index (χ4n) is 3.41. The zero-order valence-electron chi connectivity index (χ0n) is 17.2. The zero-order chi connectivity index (χ0) is 21.5. The maximum atomic E-state index is 12.2. The average molecular weight is 421 g/mol. The van der Waals surface area contributed by atoms with Gasteiger partial charge in [0.25, 0.3) is 11.8 Å². The molecule has 0 fully saturated rings. The van der Waals surface area contributed by atoms with Gasteiger partial charge in [0.2, 0.25) is 5.82 Å². The molecule has 11 heteroatoms. The quantitative estimate of drug-likeness (QED) is 0.474. The summed E-state index contributed by atoms with van der Waals surface area (Å²) >= 11 is 0. The molecule has 4 aromatic heterocycles. The van der Waals surface area contributed by atoms with Gasteiger partial charge in [0.1, 0.15) is 12.4 Å². The van der Waals surface area contributed by atoms with E-state index < -0.39 is 0 Å². The summed E-state index contributed by atoms with van der Waals surface area (Å²) in [4.78, 5) is 18.5. The molecule has 31 heavy (non-hydrogen) atoms. The van der Waals surface area contributed by atoms with Gasteiger partial charge >= 0.3 is 0 Å². The van der Waals surface area contributed by atoms with Gasteiger partial charge in [-0.2, -0.15) is 4.52 Å². The molecule has 5 heterocycles. The van der Waals surface area contributed by atoms with Crippen LogP contribution in [0.4, 0.5) is 0 Å². The van der Waals surface area contributed by atoms with Crippen molar-refractivity contribution >= 4 is 11.6 Å². The fourth-order valence-corrected chi connectivity index (χ4v) is 3.41. The van der Waals surface area contributed by atoms with Gasteiger partial charge < -0.3 is 18.9 Å². The fraction of sp³-hybridized carbons (Fsp3) is 0.300. The van der Waals surface area contributed by atoms with Crippen molar-refractivity contribution in [2.45, 2.75) is 20.0 Å². The van der Waals surface area contributed by atoms with Gasteiger partial charge in [0, 0.05) is 32.1 Å². The van der Waals surface area contributed by atoms with Gasteiger partial charge in [-0.1, -0.05) is 5.16 Å². The highest BCUT2D eigenvalue weighted by atomic mass is 16.5. The molecule has 1 aliphatic heterocycles. The molecule has 5 rings (SSSR count). The molecule has 0 saturated heterocycles. The maximum absolute atomic E-state index is 12.2. The Hall–Kier alpha value is -4.02. The maximum Gasteiger partial charge on any atom is 0.275 e. The molecule has 0 atom stereocenters. The standard InChI is InChI=1S/C20H19N7O4/c1-11-8-15(25-31-11)18-23-22-17-9-16(29-3)19(24-27(17)18)30-10-12-4-5-13-14(21-12)6-7-26(2)20(13)28/h4-5,8-9H,6-7,10H2,1-3H3. The minimum Gasteiger partial charge on any atom is -0.491 e. The van der Waals surface area contributed by atoms with E-state index in [1.54, 1.807) is 43.1 Å². The molecular weight excluding hydrogens is 402 g/mol. The molecule has 0 aliphatic carbocycles. The van der Waals surface area contributed by atoms with Crippen molar-refractivity contribution in [3.05, 3.63) is 47.0 Å². The van der Waals surface area contributed by atoms with Crippen LogP contribution >= 0.6 is 0 Å². The van der Waals surface area contributed by atoms with Crippen LogP contribution in [0.1, 0.15) is 27.5 Å². The predicted octanol–water partition coefficient (Wildman–Crippen LogP) is 1.70. The number of hydrogen-bond donors (Lipinski definition) is 0. The number of aromatic nitrogens is 6. The van der Waals surface area contributed by atoms with E-state index in [4.69, 9.17) is 14.0 Å². The SMILES string of the molecule is COc1cc2nnc(-c3cc(C)on3)n2nc1OCc1ccc2c(n1)CCN(C)C2=O. The summed E-state index contributed by atoms with van der Waals surface area (Å²) in [6, 6.07) is 7.00. The summed E-state index contributed by atoms with van der Waals surface area (Å²) in [6.45, 7) is 2.60. The Balaban J connectivity index is 1.44. The lowest BCUT2D eigenvalue weighted by molar-refractivity contribution is 0.0779. The van der Waals surface area contributed by atoms with E-state index in [0.29, 0.717) is 52.9 Å². The van der Waals surface area contributed by atoms with Crippen LogP contribution in [0.2, 0.25) is 0 Å². The van der Waals surface area contributed by atoms with Crippen LogP contribution in [0, 0.1) is 6.92 Å². The number of nitrogens with zero attached hydrogens (tertiary/aromatic N) is 7. The Bertz CT molecular complexity index is 1300. The van der Waals surface area contributed by atoms with E-state index in [9.17, 15) is 4.79 Å². The van der Waals surface area contributed by atoms with Crippen LogP contribution in [0.3, 0.4) is 0 Å². The first-order valence-electron chi connectivity index (χ1n) is 9.64. The normalized spacial score (nSPS) is 13.5. The third-order valence-corrected chi connectivity index (χ3v) is 5.05. The van der Waals surface area contributed by atoms with Crippen molar-refractivity contribution in [3.8, 4) is 23.1 Å². The lowest BCUT2D eigenvalue weighted by atomic mass is 10.0. The lowest BCUT2D eigenvalue weighted by Crippen LogP contribution is -2.34. The van der Waals surface area contributed by atoms with E-state index in [1.807, 2.05) is 0 Å². The van der Waals surface area contributed by atoms with Gasteiger partial charge in [-0.25, -0.2) is 0 Å². The smallest absolute Gasteiger partial charge is 0.275 e. The van der Waals surface area contributed by atoms with E-state index in [0.717, 1.165) is 5.69 Å². The summed E-state index contributed by atoms with van der Waals surface area (Å²) in [5, 5.41) is 16.7. The van der Waals surface area contributed by atoms with Crippen molar-refractivity contribution < 1.29 is 18.8 Å². The summed E-state index contributed by atoms with van der Waals surface area (Å²) < 4.78 is 18.0. The number of hydrogen-bond acceptors (Lipinski definition) is 9. The molecule has 158 valence electrons. The van der Waals surface area contributed by atoms with E-state index in [-0.39, 0.29) is 18.4 Å². The van der Waals surface area contributed by atoms with Crippen molar-refractivity contribution in [2.75, 3.05) is 20.7 Å². The number of carbonyl (C=O) groups is 1. The van der Waals surface area contributed by atoms with Crippen molar-refractivity contribution in [1.82, 2.24) is 34.9 Å². The van der Waals surface area contributed by atoms with Crippen LogP contribution in [-0.4, -0.2) is 61.5 Å². The third kappa shape index (κ3) is 3.33. The second kappa shape index (κ2) is 7.35. The number of fused-ring (bicyclic) bond motifs is 2. The number of likely N-dealkylation sites (N-methyl/N-ethyl adjacent to an activating group) is 1. The highest BCUT2D eigenvalue weighted by Crippen LogP contribution is 2.28. The first-order valence-corrected chi connectivity index (χ1v) is 9.64. The number of aryl methyl sites for hydroxylation is 1. The molecule has 0 saturated carbocycles. The van der Waals surface area contributed by atoms with E-state index in [2.05, 4.69) is 25.4 Å². The summed E-state index contributed by atoms with van der Waals surface area (Å²) in [5.41, 5.74) is 3.10. The number of amides is 1. The van der Waals surface area contributed by atoms with Crippen LogP contribution in [-0.2, 0) is 13.0 Å². The van der Waals surface area contributed by atoms with Gasteiger partial charge in [0.15, 0.2) is 17.1 Å². The molecule has 1 aliphatic rings. The molecule has 0 spiro atoms. The topological polar surface area (TPSA) is 121 Å². The molecule has 0 aromatic carbocycles. The van der Waals surface area contributed by atoms with Crippen molar-refractivity contribution in [1.29, 1.82) is 0 Å². The minimum atomic E-state index is -0.0155. The molecule has 1 amide bonds. The average Bonchev–Trinajstić information content (AvgIpc) is 3.39. The van der Waals surface area contributed by atoms with Crippen LogP contribution in [0.5, 0.6) is 11.6 Å². The van der Waals surface area contributed by atoms with Crippen molar-refractivity contribution in [3.63, 3.8) is 0 Å². The minimum absolute atomic E-state index is 0.0155. The first kappa shape index (κ1) is 19.0. The van der Waals surface area contributed by atoms with Crippen LogP contribution < -0.4 is 9.47 Å². The number of pyridine rings is 1. The monoisotopic (exact) mass is 421 g/mol. The van der Waals surface area contributed by atoms with Crippen LogP contribution in [0.25, 0.3) is 17.2 Å². The van der Waals surface area contributed by atoms with Gasteiger partial charge in [0.05, 0.1) is 24.1 Å². The zero-order valence-corrected chi connectivity index (χ0v) is 17.2. The van der Waals surface area contributed by atoms with Crippen LogP contribution in [0.15, 0.2) is 28.8 Å². The number of methoxy groups -OCH3 is 1. The number of rotatable bonds is 5. The second-order valence-electron chi connectivity index (χ2n) is 7.20. The Morgan fingerprint density at radius 1 is 1.23 bits per heavy atom. The Kier molecular flexibility index (Phi) is 4.50. The molecule has 0 radical (unpaired) electrons. The molecule has 11 nitrogen and oxygen atoms in total. The van der Waals surface area contributed by atoms with E-state index >= 15 is 0 Å². The number of ether oxygens (including phenoxy) is 2. The summed E-state index contributed by atoms with van der Waals surface area (Å²) in [7, 11) is 3.31. The highest BCUT2D eigenvalue weighted by Gasteiger charge is 2.23. The largest absolute Gasteiger partial charge is 0.491 e. The van der Waals surface area contributed by atoms with Gasteiger partial charge in [-0.3, -0.25) is 9.78 Å². The van der Waals surface area contributed by atoms with Gasteiger partial charge in [-0.15, -0.1) is 15.3 Å². The van der Waals surface area contributed by atoms with Gasteiger partial charge in [-0.05, 0) is 19.1 Å². The third-order valence-electron chi connectivity index (χ3n) is 5.05. The molecule has 0 bridgehead atoms. The second-order valence-corrected chi connectivity index (χ2v) is 7.20. The van der Waals surface area contributed by atoms with E-state index in [1.165, 1.54) is 11.6 Å². The van der Waals surface area contributed by atoms with Crippen molar-refractivity contribution in [2.24, 2.45) is 0 Å². The predicted molar refractivity (Wildman–Crippen MR) is 107 cm³/mol. The molecule has 0 unspecified atom stereocenters. The molecular formula is C20H19N7O4. The Morgan fingerprint density at radius 2 is 2.10 bits per heavy atom. The highest BCUT2D eigenvalue weighted by molar-refractivity contribution is 5.96. The summed E-state index contributed by atoms with van der Waals surface area (Å²) in [6.07, 6.45) is 0.708. The summed E-state index contributed by atoms with van der Waals surface area (Å²) in [5.74, 6) is 1.73. The lowest BCUT2D eigenvalue weighted by Gasteiger charge is -2.24. The molecule has 4 aromatic rings.